The van der Waals surface area contributed by atoms with E-state index in [0.29, 0.717) is 48.3 Å². The summed E-state index contributed by atoms with van der Waals surface area (Å²) in [6.45, 7) is 0.349. The highest BCUT2D eigenvalue weighted by Crippen LogP contribution is 2.23. The summed E-state index contributed by atoms with van der Waals surface area (Å²) in [5.41, 5.74) is 2.66. The average Bonchev–Trinajstić information content (AvgIpc) is 3.04. The number of aromatic nitrogens is 2. The number of fused-ring (bicyclic) bond motifs is 1. The number of carbonyl (C=O) groups is 3. The molecule has 2 heterocycles. The molecule has 0 atom stereocenters. The summed E-state index contributed by atoms with van der Waals surface area (Å²) in [6, 6.07) is 17.1. The van der Waals surface area contributed by atoms with Crippen LogP contribution in [0.15, 0.2) is 65.5 Å². The molecular formula is C24H22N4O4. The van der Waals surface area contributed by atoms with Crippen LogP contribution in [0, 0.1) is 0 Å². The molecule has 0 unspecified atom stereocenters. The predicted molar refractivity (Wildman–Crippen MR) is 119 cm³/mol. The number of unbranched alkanes of at least 4 members (excludes halogenated alkanes) is 2. The smallest absolute Gasteiger partial charge is 0.264 e. The number of rotatable bonds is 8. The second-order valence-electron chi connectivity index (χ2n) is 7.55. The maximum absolute atomic E-state index is 12.3. The standard InChI is InChI=1S/C24H22N4O4/c29-21(25-17-8-6-7-16(15-17)20-12-13-22(30)27-26-20)11-2-1-5-14-28-23(31)18-9-3-4-10-19(18)24(28)32/h3-4,6-10,12-13,15H,1-2,5,11,14H2,(H,25,29)(H,27,30). The number of carbonyl (C=O) groups excluding carboxylic acids is 3. The minimum atomic E-state index is -0.277. The van der Waals surface area contributed by atoms with Crippen LogP contribution < -0.4 is 10.9 Å². The summed E-state index contributed by atoms with van der Waals surface area (Å²) in [6.07, 6.45) is 2.35. The van der Waals surface area contributed by atoms with E-state index in [9.17, 15) is 19.2 Å². The van der Waals surface area contributed by atoms with Crippen molar-refractivity contribution in [3.63, 3.8) is 0 Å². The third kappa shape index (κ3) is 4.64. The highest BCUT2D eigenvalue weighted by atomic mass is 16.2. The van der Waals surface area contributed by atoms with E-state index in [1.807, 2.05) is 6.07 Å². The highest BCUT2D eigenvalue weighted by molar-refractivity contribution is 6.21. The van der Waals surface area contributed by atoms with Gasteiger partial charge in [0.15, 0.2) is 0 Å². The number of anilines is 1. The van der Waals surface area contributed by atoms with Crippen molar-refractivity contribution in [3.05, 3.63) is 82.1 Å². The number of H-pyrrole nitrogens is 1. The molecule has 0 spiro atoms. The molecule has 0 saturated heterocycles. The maximum Gasteiger partial charge on any atom is 0.264 e. The van der Waals surface area contributed by atoms with Gasteiger partial charge in [0.05, 0.1) is 16.8 Å². The van der Waals surface area contributed by atoms with E-state index in [1.165, 1.54) is 11.0 Å². The Morgan fingerprint density at radius 1 is 0.875 bits per heavy atom. The lowest BCUT2D eigenvalue weighted by molar-refractivity contribution is -0.116. The van der Waals surface area contributed by atoms with Crippen LogP contribution in [0.2, 0.25) is 0 Å². The predicted octanol–water partition coefficient (Wildman–Crippen LogP) is 3.23. The van der Waals surface area contributed by atoms with Gasteiger partial charge in [0, 0.05) is 30.3 Å². The fraction of sp³-hybridized carbons (Fsp3) is 0.208. The van der Waals surface area contributed by atoms with E-state index in [-0.39, 0.29) is 23.3 Å². The zero-order valence-corrected chi connectivity index (χ0v) is 17.3. The van der Waals surface area contributed by atoms with Gasteiger partial charge in [-0.05, 0) is 43.2 Å². The first-order valence-electron chi connectivity index (χ1n) is 10.4. The van der Waals surface area contributed by atoms with E-state index < -0.39 is 0 Å². The molecule has 0 aliphatic carbocycles. The molecule has 8 heteroatoms. The van der Waals surface area contributed by atoms with Crippen molar-refractivity contribution >= 4 is 23.4 Å². The van der Waals surface area contributed by atoms with Gasteiger partial charge in [-0.3, -0.25) is 24.1 Å². The Labute approximate surface area is 184 Å². The number of benzene rings is 2. The van der Waals surface area contributed by atoms with Gasteiger partial charge in [-0.1, -0.05) is 30.7 Å². The normalized spacial score (nSPS) is 12.7. The Bertz CT molecular complexity index is 1180. The van der Waals surface area contributed by atoms with Gasteiger partial charge in [-0.15, -0.1) is 0 Å². The van der Waals surface area contributed by atoms with E-state index in [1.54, 1.807) is 48.5 Å². The van der Waals surface area contributed by atoms with Crippen LogP contribution in [0.4, 0.5) is 5.69 Å². The summed E-state index contributed by atoms with van der Waals surface area (Å²) in [4.78, 5) is 49.4. The van der Waals surface area contributed by atoms with Gasteiger partial charge in [-0.25, -0.2) is 5.10 Å². The van der Waals surface area contributed by atoms with E-state index in [4.69, 9.17) is 0 Å². The van der Waals surface area contributed by atoms with E-state index in [2.05, 4.69) is 15.5 Å². The molecule has 0 fully saturated rings. The third-order valence-electron chi connectivity index (χ3n) is 5.28. The molecule has 0 radical (unpaired) electrons. The van der Waals surface area contributed by atoms with E-state index >= 15 is 0 Å². The molecule has 4 rings (SSSR count). The molecule has 2 aromatic carbocycles. The zero-order chi connectivity index (χ0) is 22.5. The Balaban J connectivity index is 1.22. The number of imide groups is 1. The van der Waals surface area contributed by atoms with Crippen LogP contribution in [0.3, 0.4) is 0 Å². The van der Waals surface area contributed by atoms with Crippen molar-refractivity contribution in [3.8, 4) is 11.3 Å². The molecule has 2 N–H and O–H groups in total. The summed E-state index contributed by atoms with van der Waals surface area (Å²) in [5, 5.41) is 9.25. The Morgan fingerprint density at radius 3 is 2.31 bits per heavy atom. The number of hydrogen-bond donors (Lipinski definition) is 2. The monoisotopic (exact) mass is 430 g/mol. The first-order valence-corrected chi connectivity index (χ1v) is 10.4. The van der Waals surface area contributed by atoms with E-state index in [0.717, 1.165) is 12.0 Å². The quantitative estimate of drug-likeness (QED) is 0.421. The number of nitrogens with zero attached hydrogens (tertiary/aromatic N) is 2. The maximum atomic E-state index is 12.3. The molecule has 3 aromatic rings. The van der Waals surface area contributed by atoms with Crippen molar-refractivity contribution < 1.29 is 14.4 Å². The summed E-state index contributed by atoms with van der Waals surface area (Å²) >= 11 is 0. The van der Waals surface area contributed by atoms with Crippen LogP contribution >= 0.6 is 0 Å². The second-order valence-corrected chi connectivity index (χ2v) is 7.55. The van der Waals surface area contributed by atoms with Gasteiger partial charge in [0.25, 0.3) is 17.4 Å². The number of hydrogen-bond acceptors (Lipinski definition) is 5. The second kappa shape index (κ2) is 9.38. The minimum Gasteiger partial charge on any atom is -0.326 e. The van der Waals surface area contributed by atoms with Crippen LogP contribution in [-0.4, -0.2) is 39.4 Å². The topological polar surface area (TPSA) is 112 Å². The molecule has 1 aliphatic rings. The summed E-state index contributed by atoms with van der Waals surface area (Å²) < 4.78 is 0. The van der Waals surface area contributed by atoms with Crippen molar-refractivity contribution in [1.29, 1.82) is 0 Å². The SMILES string of the molecule is O=C(CCCCCN1C(=O)c2ccccc2C1=O)Nc1cccc(-c2ccc(=O)[nH]n2)c1. The molecule has 0 bridgehead atoms. The van der Waals surface area contributed by atoms with Crippen LogP contribution in [0.1, 0.15) is 46.4 Å². The van der Waals surface area contributed by atoms with Gasteiger partial charge in [0.2, 0.25) is 5.91 Å². The van der Waals surface area contributed by atoms with Gasteiger partial charge in [-0.2, -0.15) is 5.10 Å². The van der Waals surface area contributed by atoms with Crippen LogP contribution in [0.25, 0.3) is 11.3 Å². The molecule has 3 amide bonds. The van der Waals surface area contributed by atoms with Crippen molar-refractivity contribution in [2.24, 2.45) is 0 Å². The van der Waals surface area contributed by atoms with Crippen LogP contribution in [0.5, 0.6) is 0 Å². The van der Waals surface area contributed by atoms with Gasteiger partial charge in [0.1, 0.15) is 0 Å². The Kier molecular flexibility index (Phi) is 6.21. The minimum absolute atomic E-state index is 0.114. The van der Waals surface area contributed by atoms with Crippen molar-refractivity contribution in [2.75, 3.05) is 11.9 Å². The largest absolute Gasteiger partial charge is 0.326 e. The number of aromatic amines is 1. The molecule has 32 heavy (non-hydrogen) atoms. The summed E-state index contributed by atoms with van der Waals surface area (Å²) in [7, 11) is 0. The third-order valence-corrected chi connectivity index (χ3v) is 5.28. The van der Waals surface area contributed by atoms with Gasteiger partial charge >= 0.3 is 0 Å². The summed E-state index contributed by atoms with van der Waals surface area (Å²) in [5.74, 6) is -0.613. The molecule has 1 aromatic heterocycles. The van der Waals surface area contributed by atoms with Gasteiger partial charge < -0.3 is 5.32 Å². The lowest BCUT2D eigenvalue weighted by atomic mass is 10.1. The molecule has 162 valence electrons. The molecule has 0 saturated carbocycles. The molecule has 8 nitrogen and oxygen atoms in total. The lowest BCUT2D eigenvalue weighted by Gasteiger charge is -2.13. The Hall–Kier alpha value is -4.07. The number of amides is 3. The Morgan fingerprint density at radius 2 is 1.62 bits per heavy atom. The molecule has 1 aliphatic heterocycles. The van der Waals surface area contributed by atoms with Crippen molar-refractivity contribution in [1.82, 2.24) is 15.1 Å². The first kappa shape index (κ1) is 21.2. The average molecular weight is 430 g/mol. The van der Waals surface area contributed by atoms with Crippen LogP contribution in [-0.2, 0) is 4.79 Å². The number of nitrogens with one attached hydrogen (secondary N) is 2. The fourth-order valence-electron chi connectivity index (χ4n) is 3.66. The zero-order valence-electron chi connectivity index (χ0n) is 17.3. The molecular weight excluding hydrogens is 408 g/mol. The highest BCUT2D eigenvalue weighted by Gasteiger charge is 2.34. The lowest BCUT2D eigenvalue weighted by Crippen LogP contribution is -2.30. The van der Waals surface area contributed by atoms with Crippen molar-refractivity contribution in [2.45, 2.75) is 25.7 Å². The fourth-order valence-corrected chi connectivity index (χ4v) is 3.66. The first-order chi connectivity index (χ1) is 15.5.